The lowest BCUT2D eigenvalue weighted by Gasteiger charge is -2.28. The van der Waals surface area contributed by atoms with E-state index in [1.807, 2.05) is 52.0 Å². The molecule has 1 rings (SSSR count). The van der Waals surface area contributed by atoms with Gasteiger partial charge in [-0.25, -0.2) is 4.79 Å². The number of oxime groups is 1. The van der Waals surface area contributed by atoms with E-state index >= 15 is 0 Å². The Balaban J connectivity index is 2.64. The van der Waals surface area contributed by atoms with Crippen LogP contribution in [0.25, 0.3) is 0 Å². The summed E-state index contributed by atoms with van der Waals surface area (Å²) in [5.41, 5.74) is 6.38. The highest BCUT2D eigenvalue weighted by Crippen LogP contribution is 2.23. The fourth-order valence-corrected chi connectivity index (χ4v) is 2.23. The molecule has 1 amide bonds. The Morgan fingerprint density at radius 3 is 2.44 bits per heavy atom. The third kappa shape index (κ3) is 6.91. The Morgan fingerprint density at radius 1 is 1.28 bits per heavy atom. The molecule has 1 aromatic carbocycles. The third-order valence-corrected chi connectivity index (χ3v) is 3.70. The van der Waals surface area contributed by atoms with Crippen molar-refractivity contribution in [2.75, 3.05) is 19.8 Å². The first-order valence-corrected chi connectivity index (χ1v) is 8.51. The quantitative estimate of drug-likeness (QED) is 0.308. The molecular formula is C18H29N3O4. The van der Waals surface area contributed by atoms with Gasteiger partial charge in [-0.15, -0.1) is 0 Å². The molecule has 140 valence electrons. The molecule has 0 aliphatic carbocycles. The van der Waals surface area contributed by atoms with Gasteiger partial charge in [0.25, 0.3) is 0 Å². The van der Waals surface area contributed by atoms with Gasteiger partial charge in [0.2, 0.25) is 0 Å². The van der Waals surface area contributed by atoms with Crippen LogP contribution in [-0.2, 0) is 4.74 Å². The second-order valence-corrected chi connectivity index (χ2v) is 6.19. The van der Waals surface area contributed by atoms with Crippen LogP contribution in [0.2, 0.25) is 0 Å². The number of hydrogen-bond donors (Lipinski definition) is 2. The maximum atomic E-state index is 12.2. The van der Waals surface area contributed by atoms with Gasteiger partial charge in [-0.1, -0.05) is 31.1 Å². The number of ether oxygens (including phenoxy) is 2. The smallest absolute Gasteiger partial charge is 0.410 e. The van der Waals surface area contributed by atoms with Crippen molar-refractivity contribution >= 4 is 11.9 Å². The molecule has 1 aromatic rings. The Labute approximate surface area is 149 Å². The fraction of sp³-hybridized carbons (Fsp3) is 0.556. The Bertz CT molecular complexity index is 558. The summed E-state index contributed by atoms with van der Waals surface area (Å²) in [6, 6.07) is 7.41. The molecule has 0 bridgehead atoms. The van der Waals surface area contributed by atoms with Gasteiger partial charge in [0.05, 0.1) is 19.3 Å². The standard InChI is InChI=1S/C18H29N3O4/c1-5-21(18(22)25-12-13(2)3)14(4)15-6-8-16(9-7-15)24-11-10-17(19)20-23/h6-9,13-14,23H,5,10-12H2,1-4H3,(H2,19,20)/t14-/m0/s1. The minimum Gasteiger partial charge on any atom is -0.493 e. The minimum atomic E-state index is -0.303. The van der Waals surface area contributed by atoms with Gasteiger partial charge in [-0.05, 0) is 37.5 Å². The second-order valence-electron chi connectivity index (χ2n) is 6.19. The summed E-state index contributed by atoms with van der Waals surface area (Å²) < 4.78 is 10.9. The summed E-state index contributed by atoms with van der Waals surface area (Å²) in [6.07, 6.45) is 0.0442. The molecule has 0 spiro atoms. The molecule has 0 unspecified atom stereocenters. The van der Waals surface area contributed by atoms with Crippen molar-refractivity contribution in [3.8, 4) is 5.75 Å². The summed E-state index contributed by atoms with van der Waals surface area (Å²) in [4.78, 5) is 13.9. The summed E-state index contributed by atoms with van der Waals surface area (Å²) in [6.45, 7) is 9.21. The normalized spacial score (nSPS) is 12.8. The lowest BCUT2D eigenvalue weighted by atomic mass is 10.1. The van der Waals surface area contributed by atoms with Crippen molar-refractivity contribution < 1.29 is 19.5 Å². The molecule has 0 fully saturated rings. The van der Waals surface area contributed by atoms with Crippen LogP contribution >= 0.6 is 0 Å². The molecule has 1 atom stereocenters. The monoisotopic (exact) mass is 351 g/mol. The van der Waals surface area contributed by atoms with E-state index in [4.69, 9.17) is 20.4 Å². The van der Waals surface area contributed by atoms with E-state index in [1.165, 1.54) is 0 Å². The van der Waals surface area contributed by atoms with E-state index in [-0.39, 0.29) is 18.0 Å². The molecule has 0 aliphatic rings. The van der Waals surface area contributed by atoms with Gasteiger partial charge in [-0.2, -0.15) is 0 Å². The van der Waals surface area contributed by atoms with Gasteiger partial charge in [0, 0.05) is 13.0 Å². The SMILES string of the molecule is CCN(C(=O)OCC(C)C)[C@@H](C)c1ccc(OCC/C(N)=N/O)cc1. The first kappa shape index (κ1) is 20.6. The lowest BCUT2D eigenvalue weighted by Crippen LogP contribution is -2.34. The van der Waals surface area contributed by atoms with Crippen LogP contribution < -0.4 is 10.5 Å². The van der Waals surface area contributed by atoms with Gasteiger partial charge in [0.1, 0.15) is 11.6 Å². The van der Waals surface area contributed by atoms with Gasteiger partial charge < -0.3 is 25.3 Å². The van der Waals surface area contributed by atoms with Crippen LogP contribution in [0.3, 0.4) is 0 Å². The lowest BCUT2D eigenvalue weighted by molar-refractivity contribution is 0.0816. The van der Waals surface area contributed by atoms with Crippen molar-refractivity contribution in [2.24, 2.45) is 16.8 Å². The zero-order valence-corrected chi connectivity index (χ0v) is 15.4. The maximum absolute atomic E-state index is 12.2. The van der Waals surface area contributed by atoms with E-state index in [1.54, 1.807) is 4.90 Å². The minimum absolute atomic E-state index is 0.101. The molecule has 0 aromatic heterocycles. The van der Waals surface area contributed by atoms with Gasteiger partial charge in [-0.3, -0.25) is 0 Å². The number of carbonyl (C=O) groups excluding carboxylic acids is 1. The number of benzene rings is 1. The first-order valence-electron chi connectivity index (χ1n) is 8.51. The van der Waals surface area contributed by atoms with Crippen LogP contribution in [0.5, 0.6) is 5.75 Å². The summed E-state index contributed by atoms with van der Waals surface area (Å²) in [7, 11) is 0. The summed E-state index contributed by atoms with van der Waals surface area (Å²) >= 11 is 0. The van der Waals surface area contributed by atoms with Crippen molar-refractivity contribution in [1.29, 1.82) is 0 Å². The molecule has 3 N–H and O–H groups in total. The molecular weight excluding hydrogens is 322 g/mol. The highest BCUT2D eigenvalue weighted by molar-refractivity contribution is 5.79. The number of carbonyl (C=O) groups is 1. The number of rotatable bonds is 9. The topological polar surface area (TPSA) is 97.4 Å². The number of nitrogens with zero attached hydrogens (tertiary/aromatic N) is 2. The predicted molar refractivity (Wildman–Crippen MR) is 96.9 cm³/mol. The highest BCUT2D eigenvalue weighted by atomic mass is 16.6. The average molecular weight is 351 g/mol. The van der Waals surface area contributed by atoms with Crippen LogP contribution in [0, 0.1) is 5.92 Å². The van der Waals surface area contributed by atoms with Crippen LogP contribution in [-0.4, -0.2) is 41.8 Å². The van der Waals surface area contributed by atoms with Gasteiger partial charge in [0.15, 0.2) is 0 Å². The Hall–Kier alpha value is -2.44. The van der Waals surface area contributed by atoms with Crippen LogP contribution in [0.15, 0.2) is 29.4 Å². The Kier molecular flexibility index (Phi) is 8.60. The van der Waals surface area contributed by atoms with Gasteiger partial charge >= 0.3 is 6.09 Å². The summed E-state index contributed by atoms with van der Waals surface area (Å²) in [5, 5.41) is 11.4. The molecule has 0 saturated heterocycles. The van der Waals surface area contributed by atoms with Crippen LogP contribution in [0.1, 0.15) is 45.7 Å². The molecule has 0 aliphatic heterocycles. The molecule has 0 radical (unpaired) electrons. The van der Waals surface area contributed by atoms with Crippen molar-refractivity contribution in [1.82, 2.24) is 4.90 Å². The van der Waals surface area contributed by atoms with Crippen molar-refractivity contribution in [3.05, 3.63) is 29.8 Å². The first-order chi connectivity index (χ1) is 11.9. The summed E-state index contributed by atoms with van der Waals surface area (Å²) in [5.74, 6) is 1.12. The molecule has 7 heteroatoms. The second kappa shape index (κ2) is 10.4. The largest absolute Gasteiger partial charge is 0.493 e. The van der Waals surface area contributed by atoms with E-state index < -0.39 is 0 Å². The zero-order chi connectivity index (χ0) is 18.8. The highest BCUT2D eigenvalue weighted by Gasteiger charge is 2.21. The number of nitrogens with two attached hydrogens (primary N) is 1. The van der Waals surface area contributed by atoms with E-state index in [9.17, 15) is 4.79 Å². The van der Waals surface area contributed by atoms with Crippen LogP contribution in [0.4, 0.5) is 4.79 Å². The zero-order valence-electron chi connectivity index (χ0n) is 15.4. The maximum Gasteiger partial charge on any atom is 0.410 e. The van der Waals surface area contributed by atoms with Crippen molar-refractivity contribution in [3.63, 3.8) is 0 Å². The van der Waals surface area contributed by atoms with E-state index in [0.717, 1.165) is 5.56 Å². The van der Waals surface area contributed by atoms with E-state index in [2.05, 4.69) is 5.16 Å². The third-order valence-electron chi connectivity index (χ3n) is 3.70. The number of hydrogen-bond acceptors (Lipinski definition) is 5. The molecule has 25 heavy (non-hydrogen) atoms. The average Bonchev–Trinajstić information content (AvgIpc) is 2.60. The van der Waals surface area contributed by atoms with E-state index in [0.29, 0.717) is 37.8 Å². The number of amides is 1. The fourth-order valence-electron chi connectivity index (χ4n) is 2.23. The molecule has 0 saturated carbocycles. The number of amidine groups is 1. The van der Waals surface area contributed by atoms with Crippen molar-refractivity contribution in [2.45, 2.75) is 40.2 Å². The molecule has 0 heterocycles. The Morgan fingerprint density at radius 2 is 1.92 bits per heavy atom. The molecule has 7 nitrogen and oxygen atoms in total. The predicted octanol–water partition coefficient (Wildman–Crippen LogP) is 3.38.